The molecular weight excluding hydrogens is 366 g/mol. The number of anilines is 1. The van der Waals surface area contributed by atoms with Gasteiger partial charge in [-0.1, -0.05) is 36.4 Å². The Morgan fingerprint density at radius 2 is 0.966 bits per heavy atom. The molecule has 1 aliphatic rings. The van der Waals surface area contributed by atoms with E-state index in [1.807, 2.05) is 36.4 Å². The number of aromatic hydroxyl groups is 2. The fourth-order valence-corrected chi connectivity index (χ4v) is 3.69. The summed E-state index contributed by atoms with van der Waals surface area (Å²) in [7, 11) is 0. The number of nitrogens with zero attached hydrogens (tertiary/aromatic N) is 1. The molecule has 0 aliphatic carbocycles. The van der Waals surface area contributed by atoms with Crippen LogP contribution in [0.25, 0.3) is 0 Å². The van der Waals surface area contributed by atoms with Gasteiger partial charge in [0.15, 0.2) is 0 Å². The highest BCUT2D eigenvalue weighted by atomic mass is 16.3. The molecule has 0 atom stereocenters. The van der Waals surface area contributed by atoms with Gasteiger partial charge in [0.05, 0.1) is 5.69 Å². The van der Waals surface area contributed by atoms with Gasteiger partial charge in [0, 0.05) is 17.6 Å². The minimum atomic E-state index is -0.586. The van der Waals surface area contributed by atoms with E-state index in [1.165, 1.54) is 12.2 Å². The summed E-state index contributed by atoms with van der Waals surface area (Å²) < 4.78 is 0. The van der Waals surface area contributed by atoms with Crippen molar-refractivity contribution in [3.8, 4) is 11.5 Å². The zero-order valence-corrected chi connectivity index (χ0v) is 15.7. The van der Waals surface area contributed by atoms with E-state index >= 15 is 0 Å². The molecule has 3 aromatic rings. The maximum absolute atomic E-state index is 11.9. The lowest BCUT2D eigenvalue weighted by Gasteiger charge is -2.32. The first-order valence-corrected chi connectivity index (χ1v) is 9.15. The van der Waals surface area contributed by atoms with Crippen molar-refractivity contribution >= 4 is 17.5 Å². The van der Waals surface area contributed by atoms with E-state index in [9.17, 15) is 19.8 Å². The van der Waals surface area contributed by atoms with Crippen LogP contribution in [0.1, 0.15) is 23.6 Å². The van der Waals surface area contributed by atoms with Crippen LogP contribution in [0, 0.1) is 0 Å². The molecule has 3 aromatic carbocycles. The first-order valence-electron chi connectivity index (χ1n) is 9.15. The van der Waals surface area contributed by atoms with Crippen LogP contribution >= 0.6 is 0 Å². The number of phenols is 2. The lowest BCUT2D eigenvalue weighted by Crippen LogP contribution is -2.30. The van der Waals surface area contributed by atoms with Crippen molar-refractivity contribution in [3.05, 3.63) is 102 Å². The van der Waals surface area contributed by atoms with Crippen LogP contribution < -0.4 is 4.90 Å². The quantitative estimate of drug-likeness (QED) is 0.528. The third kappa shape index (κ3) is 3.17. The fraction of sp³-hybridized carbons (Fsp3) is 0.0833. The van der Waals surface area contributed by atoms with Gasteiger partial charge in [-0.25, -0.2) is 4.90 Å². The van der Waals surface area contributed by atoms with Crippen LogP contribution in [0.4, 0.5) is 5.69 Å². The predicted molar refractivity (Wildman–Crippen MR) is 110 cm³/mol. The van der Waals surface area contributed by atoms with E-state index in [1.54, 1.807) is 36.4 Å². The van der Waals surface area contributed by atoms with Crippen molar-refractivity contribution in [2.45, 2.75) is 12.3 Å². The summed E-state index contributed by atoms with van der Waals surface area (Å²) >= 11 is 0. The van der Waals surface area contributed by atoms with E-state index in [2.05, 4.69) is 6.92 Å². The normalized spacial score (nSPS) is 13.9. The third-order valence-electron chi connectivity index (χ3n) is 5.40. The highest BCUT2D eigenvalue weighted by Gasteiger charge is 2.32. The van der Waals surface area contributed by atoms with Crippen molar-refractivity contribution in [2.75, 3.05) is 4.90 Å². The van der Waals surface area contributed by atoms with E-state index in [0.29, 0.717) is 5.69 Å². The molecule has 0 fully saturated rings. The fourth-order valence-electron chi connectivity index (χ4n) is 3.69. The Bertz CT molecular complexity index is 1030. The van der Waals surface area contributed by atoms with Crippen molar-refractivity contribution in [1.29, 1.82) is 0 Å². The van der Waals surface area contributed by atoms with E-state index in [-0.39, 0.29) is 23.3 Å². The van der Waals surface area contributed by atoms with Gasteiger partial charge in [-0.15, -0.1) is 0 Å². The number of rotatable bonds is 4. The minimum absolute atomic E-state index is 0.177. The second-order valence-corrected chi connectivity index (χ2v) is 7.11. The summed E-state index contributed by atoms with van der Waals surface area (Å²) in [4.78, 5) is 25.0. The summed E-state index contributed by atoms with van der Waals surface area (Å²) in [6.07, 6.45) is 2.51. The van der Waals surface area contributed by atoms with Gasteiger partial charge in [-0.3, -0.25) is 9.59 Å². The molecule has 0 saturated carbocycles. The number of amides is 2. The van der Waals surface area contributed by atoms with Gasteiger partial charge >= 0.3 is 0 Å². The third-order valence-corrected chi connectivity index (χ3v) is 5.40. The van der Waals surface area contributed by atoms with Crippen molar-refractivity contribution in [1.82, 2.24) is 0 Å². The summed E-state index contributed by atoms with van der Waals surface area (Å²) in [5, 5.41) is 19.4. The summed E-state index contributed by atoms with van der Waals surface area (Å²) in [5.74, 6) is -0.364. The van der Waals surface area contributed by atoms with Gasteiger partial charge in [-0.05, 0) is 60.0 Å². The maximum atomic E-state index is 11.9. The Kier molecular flexibility index (Phi) is 4.43. The van der Waals surface area contributed by atoms with Crippen LogP contribution in [0.15, 0.2) is 84.9 Å². The Hall–Kier alpha value is -3.86. The average molecular weight is 385 g/mol. The van der Waals surface area contributed by atoms with Crippen LogP contribution in [0.3, 0.4) is 0 Å². The molecular formula is C24H19NO4. The number of hydrogen-bond acceptors (Lipinski definition) is 4. The average Bonchev–Trinajstić information content (AvgIpc) is 3.07. The molecule has 5 nitrogen and oxygen atoms in total. The van der Waals surface area contributed by atoms with Crippen LogP contribution in [0.5, 0.6) is 11.5 Å². The molecule has 1 aliphatic heterocycles. The highest BCUT2D eigenvalue weighted by Crippen LogP contribution is 2.40. The van der Waals surface area contributed by atoms with Gasteiger partial charge in [0.2, 0.25) is 0 Å². The van der Waals surface area contributed by atoms with Crippen LogP contribution in [-0.4, -0.2) is 22.0 Å². The molecule has 0 spiro atoms. The lowest BCUT2D eigenvalue weighted by atomic mass is 9.71. The van der Waals surface area contributed by atoms with Crippen molar-refractivity contribution in [3.63, 3.8) is 0 Å². The zero-order valence-electron chi connectivity index (χ0n) is 15.7. The first kappa shape index (κ1) is 18.5. The SMILES string of the molecule is CC(c1ccc(O)cc1)(c1ccc(O)cc1)c1ccc(N2C(=O)C=CC2=O)cc1. The Balaban J connectivity index is 1.81. The van der Waals surface area contributed by atoms with Gasteiger partial charge in [0.1, 0.15) is 11.5 Å². The van der Waals surface area contributed by atoms with Crippen molar-refractivity contribution in [2.24, 2.45) is 0 Å². The predicted octanol–water partition coefficient (Wildman–Crippen LogP) is 3.88. The van der Waals surface area contributed by atoms with Gasteiger partial charge in [-0.2, -0.15) is 0 Å². The molecule has 0 bridgehead atoms. The maximum Gasteiger partial charge on any atom is 0.258 e. The standard InChI is InChI=1S/C24H19NO4/c1-24(17-4-10-20(26)11-5-17,18-6-12-21(27)13-7-18)16-2-8-19(9-3-16)25-22(28)14-15-23(25)29/h2-15,26-27H,1H3. The Labute approximate surface area is 168 Å². The number of imide groups is 1. The highest BCUT2D eigenvalue weighted by molar-refractivity contribution is 6.28. The number of benzene rings is 3. The Morgan fingerprint density at radius 1 is 0.621 bits per heavy atom. The number of hydrogen-bond donors (Lipinski definition) is 2. The van der Waals surface area contributed by atoms with Crippen LogP contribution in [-0.2, 0) is 15.0 Å². The number of phenolic OH excluding ortho intramolecular Hbond substituents is 2. The second-order valence-electron chi connectivity index (χ2n) is 7.11. The first-order chi connectivity index (χ1) is 13.9. The van der Waals surface area contributed by atoms with E-state index in [4.69, 9.17) is 0 Å². The largest absolute Gasteiger partial charge is 0.508 e. The second kappa shape index (κ2) is 6.95. The summed E-state index contributed by atoms with van der Waals surface area (Å²) in [5.41, 5.74) is 2.75. The molecule has 1 heterocycles. The molecule has 2 N–H and O–H groups in total. The van der Waals surface area contributed by atoms with Crippen molar-refractivity contribution < 1.29 is 19.8 Å². The smallest absolute Gasteiger partial charge is 0.258 e. The molecule has 0 radical (unpaired) electrons. The molecule has 144 valence electrons. The number of carbonyl (C=O) groups excluding carboxylic acids is 2. The zero-order chi connectivity index (χ0) is 20.6. The summed E-state index contributed by atoms with van der Waals surface area (Å²) in [6, 6.07) is 21.2. The monoisotopic (exact) mass is 385 g/mol. The molecule has 0 unspecified atom stereocenters. The molecule has 0 aromatic heterocycles. The minimum Gasteiger partial charge on any atom is -0.508 e. The summed E-state index contributed by atoms with van der Waals surface area (Å²) in [6.45, 7) is 2.05. The van der Waals surface area contributed by atoms with Gasteiger partial charge in [0.25, 0.3) is 11.8 Å². The Morgan fingerprint density at radius 3 is 1.34 bits per heavy atom. The molecule has 29 heavy (non-hydrogen) atoms. The van der Waals surface area contributed by atoms with E-state index < -0.39 is 5.41 Å². The van der Waals surface area contributed by atoms with Crippen LogP contribution in [0.2, 0.25) is 0 Å². The van der Waals surface area contributed by atoms with Gasteiger partial charge < -0.3 is 10.2 Å². The molecule has 5 heteroatoms. The molecule has 0 saturated heterocycles. The van der Waals surface area contributed by atoms with E-state index in [0.717, 1.165) is 21.6 Å². The number of carbonyl (C=O) groups is 2. The lowest BCUT2D eigenvalue weighted by molar-refractivity contribution is -0.119. The molecule has 2 amide bonds. The topological polar surface area (TPSA) is 77.8 Å². The molecule has 4 rings (SSSR count).